The largest absolute Gasteiger partial charge is 0.477 e. The number of alkyl halides is 5. The van der Waals surface area contributed by atoms with Crippen molar-refractivity contribution in [1.29, 1.82) is 0 Å². The first-order chi connectivity index (χ1) is 7.05. The Morgan fingerprint density at radius 2 is 1.81 bits per heavy atom. The lowest BCUT2D eigenvalue weighted by Gasteiger charge is -2.12. The lowest BCUT2D eigenvalue weighted by atomic mass is 10.1. The standard InChI is InChI=1S/C7H5F5N2O2/c1-6(8,9)4-2(7(10,11)12)3(5(15)16)13-14-4/h1H3,(H,13,14)(H,15,16). The number of H-pyrrole nitrogens is 1. The number of carboxylic acids is 1. The number of nitrogens with one attached hydrogen (secondary N) is 1. The molecular weight excluding hydrogens is 239 g/mol. The third kappa shape index (κ3) is 2.12. The second-order valence-electron chi connectivity index (χ2n) is 3.01. The Morgan fingerprint density at radius 1 is 1.31 bits per heavy atom. The predicted molar refractivity (Wildman–Crippen MR) is 40.1 cm³/mol. The van der Waals surface area contributed by atoms with E-state index in [0.717, 1.165) is 0 Å². The molecule has 0 aliphatic rings. The number of nitrogens with zero attached hydrogens (tertiary/aromatic N) is 1. The van der Waals surface area contributed by atoms with Gasteiger partial charge >= 0.3 is 12.1 Å². The molecule has 1 heterocycles. The third-order valence-corrected chi connectivity index (χ3v) is 1.68. The average Bonchev–Trinajstić information content (AvgIpc) is 2.43. The lowest BCUT2D eigenvalue weighted by Crippen LogP contribution is -2.19. The summed E-state index contributed by atoms with van der Waals surface area (Å²) in [5, 5.41) is 12.5. The van der Waals surface area contributed by atoms with E-state index in [2.05, 4.69) is 5.10 Å². The molecule has 2 N–H and O–H groups in total. The Morgan fingerprint density at radius 3 is 2.12 bits per heavy atom. The molecule has 16 heavy (non-hydrogen) atoms. The van der Waals surface area contributed by atoms with E-state index < -0.39 is 35.0 Å². The van der Waals surface area contributed by atoms with E-state index in [0.29, 0.717) is 0 Å². The molecule has 0 saturated carbocycles. The number of hydrogen-bond acceptors (Lipinski definition) is 2. The van der Waals surface area contributed by atoms with Crippen molar-refractivity contribution in [2.24, 2.45) is 0 Å². The minimum atomic E-state index is -5.21. The zero-order valence-electron chi connectivity index (χ0n) is 7.69. The number of carbonyl (C=O) groups is 1. The van der Waals surface area contributed by atoms with Crippen LogP contribution in [0, 0.1) is 0 Å². The molecule has 0 aromatic carbocycles. The summed E-state index contributed by atoms with van der Waals surface area (Å²) in [6.45, 7) is 0.198. The number of halogens is 5. The second-order valence-corrected chi connectivity index (χ2v) is 3.01. The molecule has 0 bridgehead atoms. The smallest absolute Gasteiger partial charge is 0.420 e. The fourth-order valence-electron chi connectivity index (χ4n) is 1.09. The molecule has 1 aromatic rings. The SMILES string of the molecule is CC(F)(F)c1n[nH]c(C(=O)O)c1C(F)(F)F. The van der Waals surface area contributed by atoms with Gasteiger partial charge in [-0.3, -0.25) is 5.10 Å². The molecule has 0 aliphatic carbocycles. The molecule has 0 spiro atoms. The molecule has 4 nitrogen and oxygen atoms in total. The first kappa shape index (κ1) is 12.4. The van der Waals surface area contributed by atoms with Crippen LogP contribution in [0.2, 0.25) is 0 Å². The highest BCUT2D eigenvalue weighted by Crippen LogP contribution is 2.39. The van der Waals surface area contributed by atoms with Gasteiger partial charge in [0, 0.05) is 6.92 Å². The Labute approximate surface area is 85.1 Å². The van der Waals surface area contributed by atoms with Gasteiger partial charge in [-0.2, -0.15) is 27.1 Å². The number of aromatic carboxylic acids is 1. The first-order valence-corrected chi connectivity index (χ1v) is 3.82. The van der Waals surface area contributed by atoms with Gasteiger partial charge in [0.1, 0.15) is 11.3 Å². The van der Waals surface area contributed by atoms with Crippen molar-refractivity contribution < 1.29 is 31.9 Å². The molecular formula is C7H5F5N2O2. The summed E-state index contributed by atoms with van der Waals surface area (Å²) in [4.78, 5) is 10.4. The highest BCUT2D eigenvalue weighted by Gasteiger charge is 2.46. The van der Waals surface area contributed by atoms with Crippen molar-refractivity contribution in [3.8, 4) is 0 Å². The van der Waals surface area contributed by atoms with Crippen molar-refractivity contribution in [3.05, 3.63) is 17.0 Å². The maximum atomic E-state index is 12.7. The Bertz CT molecular complexity index is 417. The van der Waals surface area contributed by atoms with Gasteiger partial charge in [-0.25, -0.2) is 4.79 Å². The Balaban J connectivity index is 3.50. The van der Waals surface area contributed by atoms with Crippen LogP contribution in [0.25, 0.3) is 0 Å². The van der Waals surface area contributed by atoms with Crippen LogP contribution in [0.5, 0.6) is 0 Å². The molecule has 90 valence electrons. The number of carboxylic acid groups (broad SMARTS) is 1. The van der Waals surface area contributed by atoms with E-state index in [9.17, 15) is 26.7 Å². The van der Waals surface area contributed by atoms with Gasteiger partial charge in [0.15, 0.2) is 5.69 Å². The normalized spacial score (nSPS) is 12.9. The predicted octanol–water partition coefficient (Wildman–Crippen LogP) is 2.24. The summed E-state index contributed by atoms with van der Waals surface area (Å²) in [5.74, 6) is -5.88. The van der Waals surface area contributed by atoms with Crippen molar-refractivity contribution in [1.82, 2.24) is 10.2 Å². The topological polar surface area (TPSA) is 66.0 Å². The van der Waals surface area contributed by atoms with Gasteiger partial charge in [0.05, 0.1) is 0 Å². The monoisotopic (exact) mass is 244 g/mol. The van der Waals surface area contributed by atoms with Crippen molar-refractivity contribution >= 4 is 5.97 Å². The zero-order valence-corrected chi connectivity index (χ0v) is 7.69. The number of rotatable bonds is 2. The van der Waals surface area contributed by atoms with Crippen molar-refractivity contribution in [3.63, 3.8) is 0 Å². The van der Waals surface area contributed by atoms with Crippen LogP contribution in [-0.2, 0) is 12.1 Å². The molecule has 0 fully saturated rings. The van der Waals surface area contributed by atoms with E-state index in [1.807, 2.05) is 0 Å². The summed E-state index contributed by atoms with van der Waals surface area (Å²) >= 11 is 0. The van der Waals surface area contributed by atoms with E-state index in [1.165, 1.54) is 5.10 Å². The van der Waals surface area contributed by atoms with Crippen LogP contribution >= 0.6 is 0 Å². The van der Waals surface area contributed by atoms with Crippen LogP contribution in [0.3, 0.4) is 0 Å². The second kappa shape index (κ2) is 3.42. The summed E-state index contributed by atoms with van der Waals surface area (Å²) in [5.41, 5.74) is -4.98. The highest BCUT2D eigenvalue weighted by molar-refractivity contribution is 5.87. The van der Waals surface area contributed by atoms with Crippen LogP contribution < -0.4 is 0 Å². The van der Waals surface area contributed by atoms with Gasteiger partial charge in [0.2, 0.25) is 0 Å². The van der Waals surface area contributed by atoms with Crippen LogP contribution in [0.1, 0.15) is 28.7 Å². The van der Waals surface area contributed by atoms with Crippen LogP contribution in [-0.4, -0.2) is 21.3 Å². The first-order valence-electron chi connectivity index (χ1n) is 3.82. The number of aromatic amines is 1. The lowest BCUT2D eigenvalue weighted by molar-refractivity contribution is -0.142. The molecule has 0 saturated heterocycles. The molecule has 0 atom stereocenters. The summed E-state index contributed by atoms with van der Waals surface area (Å²) in [7, 11) is 0. The molecule has 1 rings (SSSR count). The van der Waals surface area contributed by atoms with E-state index in [1.54, 1.807) is 0 Å². The molecule has 0 aliphatic heterocycles. The van der Waals surface area contributed by atoms with Gasteiger partial charge in [-0.15, -0.1) is 0 Å². The van der Waals surface area contributed by atoms with E-state index >= 15 is 0 Å². The molecule has 0 amide bonds. The quantitative estimate of drug-likeness (QED) is 0.784. The van der Waals surface area contributed by atoms with Crippen LogP contribution in [0.15, 0.2) is 0 Å². The summed E-state index contributed by atoms with van der Waals surface area (Å²) in [6.07, 6.45) is -5.21. The van der Waals surface area contributed by atoms with Gasteiger partial charge in [0.25, 0.3) is 5.92 Å². The van der Waals surface area contributed by atoms with Gasteiger partial charge in [-0.05, 0) is 0 Å². The fourth-order valence-corrected chi connectivity index (χ4v) is 1.09. The summed E-state index contributed by atoms with van der Waals surface area (Å²) in [6, 6.07) is 0. The zero-order chi connectivity index (χ0) is 12.7. The van der Waals surface area contributed by atoms with E-state index in [-0.39, 0.29) is 6.92 Å². The molecule has 1 aromatic heterocycles. The maximum absolute atomic E-state index is 12.7. The Hall–Kier alpha value is -1.67. The maximum Gasteiger partial charge on any atom is 0.420 e. The molecule has 0 unspecified atom stereocenters. The van der Waals surface area contributed by atoms with Crippen molar-refractivity contribution in [2.45, 2.75) is 19.0 Å². The fraction of sp³-hybridized carbons (Fsp3) is 0.429. The van der Waals surface area contributed by atoms with Crippen LogP contribution in [0.4, 0.5) is 22.0 Å². The van der Waals surface area contributed by atoms with E-state index in [4.69, 9.17) is 5.11 Å². The number of hydrogen-bond donors (Lipinski definition) is 2. The van der Waals surface area contributed by atoms with Gasteiger partial charge < -0.3 is 5.11 Å². The van der Waals surface area contributed by atoms with Crippen molar-refractivity contribution in [2.75, 3.05) is 0 Å². The van der Waals surface area contributed by atoms with Gasteiger partial charge in [-0.1, -0.05) is 0 Å². The summed E-state index contributed by atoms with van der Waals surface area (Å²) < 4.78 is 62.6. The molecule has 9 heteroatoms. The minimum Gasteiger partial charge on any atom is -0.477 e. The molecule has 0 radical (unpaired) electrons. The third-order valence-electron chi connectivity index (χ3n) is 1.68. The highest BCUT2D eigenvalue weighted by atomic mass is 19.4. The average molecular weight is 244 g/mol. The Kier molecular flexibility index (Phi) is 2.65. The number of aromatic nitrogens is 2. The minimum absolute atomic E-state index is 0.198.